The molecule has 1 aliphatic carbocycles. The first-order valence-electron chi connectivity index (χ1n) is 11.0. The number of hydrogen-bond donors (Lipinski definition) is 1. The van der Waals surface area contributed by atoms with E-state index in [1.165, 1.54) is 22.0 Å². The van der Waals surface area contributed by atoms with Gasteiger partial charge in [0.15, 0.2) is 0 Å². The predicted molar refractivity (Wildman–Crippen MR) is 118 cm³/mol. The molecule has 1 saturated heterocycles. The minimum absolute atomic E-state index is 0.0809. The lowest BCUT2D eigenvalue weighted by molar-refractivity contribution is -0.126. The number of halogens is 1. The van der Waals surface area contributed by atoms with Crippen LogP contribution in [-0.2, 0) is 27.7 Å². The van der Waals surface area contributed by atoms with Gasteiger partial charge in [-0.05, 0) is 86.4 Å². The quantitative estimate of drug-likeness (QED) is 0.759. The molecular weight excluding hydrogens is 415 g/mol. The molecule has 2 aliphatic rings. The minimum atomic E-state index is -3.55. The molecule has 1 N–H and O–H groups in total. The van der Waals surface area contributed by atoms with Gasteiger partial charge in [0.25, 0.3) is 0 Å². The van der Waals surface area contributed by atoms with Crippen LogP contribution in [0.3, 0.4) is 0 Å². The Balaban J connectivity index is 1.36. The lowest BCUT2D eigenvalue weighted by Gasteiger charge is -2.31. The molecule has 0 bridgehead atoms. The van der Waals surface area contributed by atoms with Crippen LogP contribution in [0.25, 0.3) is 0 Å². The lowest BCUT2D eigenvalue weighted by Crippen LogP contribution is -2.43. The van der Waals surface area contributed by atoms with E-state index in [1.807, 2.05) is 19.1 Å². The van der Waals surface area contributed by atoms with Gasteiger partial charge in [-0.15, -0.1) is 0 Å². The van der Waals surface area contributed by atoms with Crippen molar-refractivity contribution < 1.29 is 17.6 Å². The number of aryl methyl sites for hydroxylation is 2. The topological polar surface area (TPSA) is 66.5 Å². The third-order valence-corrected chi connectivity index (χ3v) is 8.41. The van der Waals surface area contributed by atoms with Crippen molar-refractivity contribution in [3.8, 4) is 0 Å². The van der Waals surface area contributed by atoms with E-state index in [0.29, 0.717) is 30.8 Å². The van der Waals surface area contributed by atoms with E-state index < -0.39 is 10.0 Å². The SMILES string of the molecule is CC(NC(=O)C1CCN(S(=O)(=O)c2ccc3c(c2)CCCC3)CC1)c1ccc(F)cc1. The van der Waals surface area contributed by atoms with Gasteiger partial charge < -0.3 is 5.32 Å². The number of sulfonamides is 1. The first-order chi connectivity index (χ1) is 14.8. The summed E-state index contributed by atoms with van der Waals surface area (Å²) in [6.07, 6.45) is 5.21. The molecule has 4 rings (SSSR count). The van der Waals surface area contributed by atoms with Crippen molar-refractivity contribution in [2.45, 2.75) is 56.4 Å². The Labute approximate surface area is 183 Å². The van der Waals surface area contributed by atoms with Crippen LogP contribution in [0.15, 0.2) is 47.4 Å². The first-order valence-corrected chi connectivity index (χ1v) is 12.5. The highest BCUT2D eigenvalue weighted by atomic mass is 32.2. The number of nitrogens with one attached hydrogen (secondary N) is 1. The Morgan fingerprint density at radius 2 is 1.68 bits per heavy atom. The van der Waals surface area contributed by atoms with Crippen LogP contribution in [-0.4, -0.2) is 31.7 Å². The molecule has 0 saturated carbocycles. The smallest absolute Gasteiger partial charge is 0.243 e. The molecule has 1 unspecified atom stereocenters. The molecule has 1 atom stereocenters. The van der Waals surface area contributed by atoms with Crippen molar-refractivity contribution in [3.63, 3.8) is 0 Å². The van der Waals surface area contributed by atoms with Crippen LogP contribution in [0, 0.1) is 11.7 Å². The van der Waals surface area contributed by atoms with Gasteiger partial charge in [0, 0.05) is 19.0 Å². The van der Waals surface area contributed by atoms with E-state index in [0.717, 1.165) is 36.8 Å². The Bertz CT molecular complexity index is 1040. The monoisotopic (exact) mass is 444 g/mol. The van der Waals surface area contributed by atoms with Gasteiger partial charge in [0.2, 0.25) is 15.9 Å². The highest BCUT2D eigenvalue weighted by Gasteiger charge is 2.33. The molecule has 1 aliphatic heterocycles. The summed E-state index contributed by atoms with van der Waals surface area (Å²) in [4.78, 5) is 13.0. The van der Waals surface area contributed by atoms with E-state index in [1.54, 1.807) is 18.2 Å². The van der Waals surface area contributed by atoms with E-state index in [4.69, 9.17) is 0 Å². The van der Waals surface area contributed by atoms with Crippen LogP contribution in [0.5, 0.6) is 0 Å². The summed E-state index contributed by atoms with van der Waals surface area (Å²) in [7, 11) is -3.55. The van der Waals surface area contributed by atoms with Crippen molar-refractivity contribution in [1.29, 1.82) is 0 Å². The number of benzene rings is 2. The molecule has 0 spiro atoms. The number of piperidine rings is 1. The second kappa shape index (κ2) is 9.09. The van der Waals surface area contributed by atoms with Gasteiger partial charge in [0.1, 0.15) is 5.82 Å². The van der Waals surface area contributed by atoms with Crippen LogP contribution in [0.4, 0.5) is 4.39 Å². The molecule has 7 heteroatoms. The largest absolute Gasteiger partial charge is 0.349 e. The summed E-state index contributed by atoms with van der Waals surface area (Å²) in [5.41, 5.74) is 3.24. The number of amides is 1. The Kier molecular flexibility index (Phi) is 6.44. The van der Waals surface area contributed by atoms with Gasteiger partial charge in [-0.2, -0.15) is 4.31 Å². The summed E-state index contributed by atoms with van der Waals surface area (Å²) in [5.74, 6) is -0.615. The van der Waals surface area contributed by atoms with Gasteiger partial charge in [-0.25, -0.2) is 12.8 Å². The second-order valence-electron chi connectivity index (χ2n) is 8.60. The summed E-state index contributed by atoms with van der Waals surface area (Å²) in [6.45, 7) is 2.53. The molecule has 1 amide bonds. The number of rotatable bonds is 5. The lowest BCUT2D eigenvalue weighted by atomic mass is 9.92. The summed E-state index contributed by atoms with van der Waals surface area (Å²) < 4.78 is 40.9. The average molecular weight is 445 g/mol. The highest BCUT2D eigenvalue weighted by molar-refractivity contribution is 7.89. The number of nitrogens with zero attached hydrogens (tertiary/aromatic N) is 1. The molecule has 1 fully saturated rings. The molecule has 5 nitrogen and oxygen atoms in total. The summed E-state index contributed by atoms with van der Waals surface area (Å²) in [5, 5.41) is 2.98. The zero-order valence-corrected chi connectivity index (χ0v) is 18.6. The maximum atomic E-state index is 13.1. The molecular formula is C24H29FN2O3S. The van der Waals surface area contributed by atoms with Crippen molar-refractivity contribution >= 4 is 15.9 Å². The van der Waals surface area contributed by atoms with E-state index in [9.17, 15) is 17.6 Å². The van der Waals surface area contributed by atoms with Crippen molar-refractivity contribution in [1.82, 2.24) is 9.62 Å². The summed E-state index contributed by atoms with van der Waals surface area (Å²) in [6, 6.07) is 11.4. The van der Waals surface area contributed by atoms with Gasteiger partial charge in [-0.1, -0.05) is 18.2 Å². The molecule has 0 aromatic heterocycles. The maximum absolute atomic E-state index is 13.1. The van der Waals surface area contributed by atoms with Crippen LogP contribution in [0.2, 0.25) is 0 Å². The Morgan fingerprint density at radius 1 is 1.03 bits per heavy atom. The Hall–Kier alpha value is -2.25. The average Bonchev–Trinajstić information content (AvgIpc) is 2.79. The minimum Gasteiger partial charge on any atom is -0.349 e. The van der Waals surface area contributed by atoms with Crippen LogP contribution in [0.1, 0.15) is 55.3 Å². The zero-order valence-electron chi connectivity index (χ0n) is 17.8. The number of fused-ring (bicyclic) bond motifs is 1. The molecule has 2 aromatic carbocycles. The number of hydrogen-bond acceptors (Lipinski definition) is 3. The highest BCUT2D eigenvalue weighted by Crippen LogP contribution is 2.28. The molecule has 1 heterocycles. The van der Waals surface area contributed by atoms with E-state index in [-0.39, 0.29) is 23.7 Å². The van der Waals surface area contributed by atoms with Gasteiger partial charge in [-0.3, -0.25) is 4.79 Å². The van der Waals surface area contributed by atoms with Crippen molar-refractivity contribution in [3.05, 3.63) is 65.0 Å². The van der Waals surface area contributed by atoms with Crippen molar-refractivity contribution in [2.75, 3.05) is 13.1 Å². The van der Waals surface area contributed by atoms with Gasteiger partial charge >= 0.3 is 0 Å². The molecule has 166 valence electrons. The normalized spacial score (nSPS) is 18.9. The van der Waals surface area contributed by atoms with Crippen molar-refractivity contribution in [2.24, 2.45) is 5.92 Å². The summed E-state index contributed by atoms with van der Waals surface area (Å²) >= 11 is 0. The fourth-order valence-corrected chi connectivity index (χ4v) is 6.06. The predicted octanol–water partition coefficient (Wildman–Crippen LogP) is 3.98. The standard InChI is InChI=1S/C24H29FN2O3S/c1-17(18-6-9-22(25)10-7-18)26-24(28)20-12-14-27(15-13-20)31(29,30)23-11-8-19-4-2-3-5-21(19)16-23/h6-11,16-17,20H,2-5,12-15H2,1H3,(H,26,28). The van der Waals surface area contributed by atoms with Crippen LogP contribution >= 0.6 is 0 Å². The molecule has 0 radical (unpaired) electrons. The fraction of sp³-hybridized carbons (Fsp3) is 0.458. The fourth-order valence-electron chi connectivity index (χ4n) is 4.54. The van der Waals surface area contributed by atoms with E-state index >= 15 is 0 Å². The van der Waals surface area contributed by atoms with Gasteiger partial charge in [0.05, 0.1) is 10.9 Å². The number of carbonyl (C=O) groups is 1. The maximum Gasteiger partial charge on any atom is 0.243 e. The van der Waals surface area contributed by atoms with Crippen LogP contribution < -0.4 is 5.32 Å². The second-order valence-corrected chi connectivity index (χ2v) is 10.5. The molecule has 31 heavy (non-hydrogen) atoms. The zero-order chi connectivity index (χ0) is 22.0. The number of carbonyl (C=O) groups excluding carboxylic acids is 1. The third kappa shape index (κ3) is 4.83. The third-order valence-electron chi connectivity index (χ3n) is 6.51. The first kappa shape index (κ1) is 22.0. The molecule has 2 aromatic rings. The Morgan fingerprint density at radius 3 is 2.35 bits per heavy atom. The van der Waals surface area contributed by atoms with E-state index in [2.05, 4.69) is 5.32 Å².